The van der Waals surface area contributed by atoms with Gasteiger partial charge in [-0.3, -0.25) is 4.79 Å². The molecule has 0 radical (unpaired) electrons. The minimum Gasteiger partial charge on any atom is -0.493 e. The Morgan fingerprint density at radius 2 is 2.12 bits per heavy atom. The van der Waals surface area contributed by atoms with Gasteiger partial charge < -0.3 is 29.7 Å². The Kier molecular flexibility index (Phi) is 7.02. The summed E-state index contributed by atoms with van der Waals surface area (Å²) in [7, 11) is 3.11. The molecule has 4 rings (SSSR count). The van der Waals surface area contributed by atoms with Crippen LogP contribution in [0.25, 0.3) is 0 Å². The second-order valence-corrected chi connectivity index (χ2v) is 8.25. The number of carbonyl (C=O) groups excluding carboxylic acids is 1. The van der Waals surface area contributed by atoms with Crippen LogP contribution < -0.4 is 20.1 Å². The molecule has 2 atom stereocenters. The van der Waals surface area contributed by atoms with E-state index in [0.29, 0.717) is 55.3 Å². The highest BCUT2D eigenvalue weighted by Crippen LogP contribution is 2.42. The Hall–Kier alpha value is -2.88. The van der Waals surface area contributed by atoms with Crippen molar-refractivity contribution in [1.29, 1.82) is 0 Å². The topological polar surface area (TPSA) is 89.6 Å². The molecular weight excluding hydrogens is 451 g/mol. The molecule has 1 unspecified atom stereocenters. The normalized spacial score (nSPS) is 19.5. The standard InChI is InChI=1S/C23H26ClFN4O4/c1-31-9-7-21(30)28-8-6-14(12-28)33-20-11-17-15(10-19(20)32-2)23(26)29(13-27-17)18-5-3-4-16(24)22(18)25/h3-5,10-11,13-14,23H,6-9,12,26H2,1-2H3/t14-,23?/m1/s1. The number of fused-ring (bicyclic) bond motifs is 1. The summed E-state index contributed by atoms with van der Waals surface area (Å²) in [5.74, 6) is 0.475. The lowest BCUT2D eigenvalue weighted by atomic mass is 10.1. The van der Waals surface area contributed by atoms with Gasteiger partial charge in [0, 0.05) is 31.7 Å². The molecule has 2 aromatic rings. The number of anilines is 1. The lowest BCUT2D eigenvalue weighted by Crippen LogP contribution is -2.36. The number of methoxy groups -OCH3 is 2. The van der Waals surface area contributed by atoms with Gasteiger partial charge in [-0.15, -0.1) is 0 Å². The van der Waals surface area contributed by atoms with Crippen LogP contribution in [0.5, 0.6) is 11.5 Å². The first-order valence-corrected chi connectivity index (χ1v) is 11.0. The number of ether oxygens (including phenoxy) is 3. The van der Waals surface area contributed by atoms with E-state index in [1.807, 2.05) is 0 Å². The summed E-state index contributed by atoms with van der Waals surface area (Å²) in [6.45, 7) is 1.52. The zero-order valence-corrected chi connectivity index (χ0v) is 19.2. The fourth-order valence-electron chi connectivity index (χ4n) is 3.99. The molecule has 176 valence electrons. The molecule has 8 nitrogen and oxygen atoms in total. The van der Waals surface area contributed by atoms with Crippen LogP contribution in [0, 0.1) is 5.82 Å². The van der Waals surface area contributed by atoms with Gasteiger partial charge in [0.1, 0.15) is 12.3 Å². The van der Waals surface area contributed by atoms with Crippen LogP contribution in [0.15, 0.2) is 35.3 Å². The first kappa shape index (κ1) is 23.3. The molecule has 1 saturated heterocycles. The molecule has 0 saturated carbocycles. The Morgan fingerprint density at radius 1 is 1.30 bits per heavy atom. The molecule has 0 spiro atoms. The predicted molar refractivity (Wildman–Crippen MR) is 124 cm³/mol. The summed E-state index contributed by atoms with van der Waals surface area (Å²) in [5, 5.41) is 0.00605. The van der Waals surface area contributed by atoms with E-state index in [1.54, 1.807) is 36.3 Å². The van der Waals surface area contributed by atoms with Gasteiger partial charge in [0.25, 0.3) is 0 Å². The molecule has 2 heterocycles. The van der Waals surface area contributed by atoms with Crippen LogP contribution in [-0.4, -0.2) is 57.2 Å². The number of halogens is 2. The van der Waals surface area contributed by atoms with E-state index < -0.39 is 12.0 Å². The maximum atomic E-state index is 14.6. The number of benzene rings is 2. The summed E-state index contributed by atoms with van der Waals surface area (Å²) in [4.78, 5) is 20.0. The molecule has 0 aromatic heterocycles. The van der Waals surface area contributed by atoms with Gasteiger partial charge in [-0.1, -0.05) is 17.7 Å². The van der Waals surface area contributed by atoms with E-state index in [-0.39, 0.29) is 22.7 Å². The molecule has 33 heavy (non-hydrogen) atoms. The average molecular weight is 477 g/mol. The largest absolute Gasteiger partial charge is 0.493 e. The van der Waals surface area contributed by atoms with Crippen molar-refractivity contribution >= 4 is 35.2 Å². The maximum Gasteiger partial charge on any atom is 0.225 e. The third-order valence-corrected chi connectivity index (χ3v) is 6.07. The van der Waals surface area contributed by atoms with Gasteiger partial charge in [-0.05, 0) is 18.2 Å². The van der Waals surface area contributed by atoms with Crippen molar-refractivity contribution in [3.8, 4) is 11.5 Å². The van der Waals surface area contributed by atoms with Crippen LogP contribution in [0.1, 0.15) is 24.6 Å². The Bertz CT molecular complexity index is 1070. The van der Waals surface area contributed by atoms with Crippen molar-refractivity contribution < 1.29 is 23.4 Å². The Balaban J connectivity index is 1.53. The molecule has 1 amide bonds. The van der Waals surface area contributed by atoms with E-state index in [2.05, 4.69) is 4.99 Å². The number of aliphatic imine (C=N–C) groups is 1. The number of likely N-dealkylation sites (tertiary alicyclic amines) is 1. The highest BCUT2D eigenvalue weighted by atomic mass is 35.5. The summed E-state index contributed by atoms with van der Waals surface area (Å²) >= 11 is 5.93. The second-order valence-electron chi connectivity index (χ2n) is 7.84. The quantitative estimate of drug-likeness (QED) is 0.656. The van der Waals surface area contributed by atoms with Crippen LogP contribution in [-0.2, 0) is 9.53 Å². The lowest BCUT2D eigenvalue weighted by molar-refractivity contribution is -0.131. The van der Waals surface area contributed by atoms with Crippen LogP contribution in [0.2, 0.25) is 5.02 Å². The third kappa shape index (κ3) is 4.75. The number of hydrogen-bond donors (Lipinski definition) is 1. The summed E-state index contributed by atoms with van der Waals surface area (Å²) < 4.78 is 31.3. The minimum absolute atomic E-state index is 0.00605. The van der Waals surface area contributed by atoms with Gasteiger partial charge in [-0.2, -0.15) is 0 Å². The zero-order valence-electron chi connectivity index (χ0n) is 18.5. The number of hydrogen-bond acceptors (Lipinski definition) is 7. The Labute approximate surface area is 196 Å². The van der Waals surface area contributed by atoms with Gasteiger partial charge in [0.2, 0.25) is 5.91 Å². The van der Waals surface area contributed by atoms with Crippen molar-refractivity contribution in [3.05, 3.63) is 46.7 Å². The molecule has 0 aliphatic carbocycles. The Morgan fingerprint density at radius 3 is 2.88 bits per heavy atom. The van der Waals surface area contributed by atoms with E-state index in [4.69, 9.17) is 31.5 Å². The average Bonchev–Trinajstić information content (AvgIpc) is 3.28. The highest BCUT2D eigenvalue weighted by Gasteiger charge is 2.30. The summed E-state index contributed by atoms with van der Waals surface area (Å²) in [6, 6.07) is 8.22. The highest BCUT2D eigenvalue weighted by molar-refractivity contribution is 6.31. The number of amides is 1. The molecule has 1 fully saturated rings. The molecule has 2 aliphatic rings. The molecule has 10 heteroatoms. The van der Waals surface area contributed by atoms with Crippen molar-refractivity contribution in [3.63, 3.8) is 0 Å². The first-order valence-electron chi connectivity index (χ1n) is 10.6. The third-order valence-electron chi connectivity index (χ3n) is 5.77. The van der Waals surface area contributed by atoms with E-state index in [9.17, 15) is 9.18 Å². The van der Waals surface area contributed by atoms with Crippen molar-refractivity contribution in [1.82, 2.24) is 4.90 Å². The minimum atomic E-state index is -0.700. The van der Waals surface area contributed by atoms with Crippen LogP contribution in [0.3, 0.4) is 0 Å². The predicted octanol–water partition coefficient (Wildman–Crippen LogP) is 3.64. The smallest absolute Gasteiger partial charge is 0.225 e. The number of rotatable bonds is 7. The lowest BCUT2D eigenvalue weighted by Gasteiger charge is -2.32. The van der Waals surface area contributed by atoms with E-state index >= 15 is 0 Å². The van der Waals surface area contributed by atoms with Crippen molar-refractivity contribution in [2.75, 3.05) is 38.8 Å². The second kappa shape index (κ2) is 9.94. The first-order chi connectivity index (χ1) is 15.9. The van der Waals surface area contributed by atoms with Crippen molar-refractivity contribution in [2.45, 2.75) is 25.1 Å². The fourth-order valence-corrected chi connectivity index (χ4v) is 4.16. The van der Waals surface area contributed by atoms with Crippen molar-refractivity contribution in [2.24, 2.45) is 10.7 Å². The molecule has 2 N–H and O–H groups in total. The molecule has 2 aromatic carbocycles. The SMILES string of the molecule is COCCC(=O)N1CC[C@@H](Oc2cc3c(cc2OC)C(N)N(c2cccc(Cl)c2F)C=N3)C1. The number of carbonyl (C=O) groups is 1. The van der Waals surface area contributed by atoms with E-state index in [1.165, 1.54) is 24.4 Å². The fraction of sp³-hybridized carbons (Fsp3) is 0.391. The molecule has 2 aliphatic heterocycles. The van der Waals surface area contributed by atoms with E-state index in [0.717, 1.165) is 0 Å². The summed E-state index contributed by atoms with van der Waals surface area (Å²) in [6.07, 6.45) is 1.67. The number of nitrogens with two attached hydrogens (primary N) is 1. The molecular formula is C23H26ClFN4O4. The van der Waals surface area contributed by atoms with Gasteiger partial charge in [0.15, 0.2) is 17.3 Å². The summed E-state index contributed by atoms with van der Waals surface area (Å²) in [5.41, 5.74) is 7.93. The molecule has 0 bridgehead atoms. The van der Waals surface area contributed by atoms with Gasteiger partial charge in [-0.25, -0.2) is 9.38 Å². The monoisotopic (exact) mass is 476 g/mol. The van der Waals surface area contributed by atoms with Crippen LogP contribution >= 0.6 is 11.6 Å². The van der Waals surface area contributed by atoms with Gasteiger partial charge in [0.05, 0.1) is 49.4 Å². The van der Waals surface area contributed by atoms with Gasteiger partial charge >= 0.3 is 0 Å². The maximum absolute atomic E-state index is 14.6. The number of nitrogens with zero attached hydrogens (tertiary/aromatic N) is 3. The van der Waals surface area contributed by atoms with Crippen LogP contribution in [0.4, 0.5) is 15.8 Å². The zero-order chi connectivity index (χ0) is 23.5.